The highest BCUT2D eigenvalue weighted by atomic mass is 32.1. The SMILES string of the molecule is c1ccc(-c2ccccc2-c2ccc(N(c3ccc(-c4ccc5sc6ccccc6c5c4)cc3)c3ccc(C4(c5ccccc5)c5ccccc5-c5ccccc54)cc3)cc2)cc1. The first kappa shape index (κ1) is 37.0. The Morgan fingerprint density at radius 3 is 1.33 bits per heavy atom. The van der Waals surface area contributed by atoms with E-state index in [9.17, 15) is 0 Å². The maximum atomic E-state index is 2.39. The van der Waals surface area contributed by atoms with Crippen LogP contribution in [0, 0.1) is 0 Å². The monoisotopic (exact) mass is 819 g/mol. The van der Waals surface area contributed by atoms with E-state index in [1.54, 1.807) is 0 Å². The molecule has 1 nitrogen and oxygen atoms in total. The molecule has 0 radical (unpaired) electrons. The molecule has 12 rings (SSSR count). The van der Waals surface area contributed by atoms with Gasteiger partial charge in [0.1, 0.15) is 0 Å². The zero-order valence-electron chi connectivity index (χ0n) is 34.5. The largest absolute Gasteiger partial charge is 0.311 e. The van der Waals surface area contributed by atoms with Crippen molar-refractivity contribution in [3.05, 3.63) is 271 Å². The van der Waals surface area contributed by atoms with Crippen LogP contribution in [0.4, 0.5) is 17.1 Å². The number of thiophene rings is 1. The van der Waals surface area contributed by atoms with Gasteiger partial charge >= 0.3 is 0 Å². The van der Waals surface area contributed by atoms with Gasteiger partial charge in [0, 0.05) is 37.2 Å². The first-order valence-corrected chi connectivity index (χ1v) is 22.5. The highest BCUT2D eigenvalue weighted by Crippen LogP contribution is 2.56. The third kappa shape index (κ3) is 6.14. The van der Waals surface area contributed by atoms with Crippen molar-refractivity contribution in [1.82, 2.24) is 0 Å². The Kier molecular flexibility index (Phi) is 8.98. The van der Waals surface area contributed by atoms with Crippen LogP contribution in [-0.2, 0) is 5.41 Å². The molecule has 0 saturated heterocycles. The van der Waals surface area contributed by atoms with Crippen molar-refractivity contribution in [2.45, 2.75) is 5.41 Å². The van der Waals surface area contributed by atoms with E-state index in [4.69, 9.17) is 0 Å². The highest BCUT2D eigenvalue weighted by Gasteiger charge is 2.45. The Labute approximate surface area is 372 Å². The molecular weight excluding hydrogens is 779 g/mol. The van der Waals surface area contributed by atoms with E-state index in [0.717, 1.165) is 17.1 Å². The normalized spacial score (nSPS) is 12.6. The molecule has 2 heteroatoms. The van der Waals surface area contributed by atoms with E-state index in [1.807, 2.05) is 11.3 Å². The van der Waals surface area contributed by atoms with Crippen LogP contribution in [0.1, 0.15) is 22.3 Å². The molecule has 1 aliphatic carbocycles. The molecule has 0 unspecified atom stereocenters. The minimum Gasteiger partial charge on any atom is -0.311 e. The average molecular weight is 820 g/mol. The summed E-state index contributed by atoms with van der Waals surface area (Å²) in [6.45, 7) is 0. The third-order valence-corrected chi connectivity index (χ3v) is 14.2. The van der Waals surface area contributed by atoms with Gasteiger partial charge in [-0.1, -0.05) is 194 Å². The Balaban J connectivity index is 0.979. The molecule has 11 aromatic rings. The van der Waals surface area contributed by atoms with Gasteiger partial charge in [0.15, 0.2) is 0 Å². The molecule has 0 aliphatic heterocycles. The van der Waals surface area contributed by atoms with Crippen LogP contribution in [0.25, 0.3) is 64.7 Å². The van der Waals surface area contributed by atoms with Crippen molar-refractivity contribution in [2.24, 2.45) is 0 Å². The molecule has 10 aromatic carbocycles. The molecule has 0 bridgehead atoms. The topological polar surface area (TPSA) is 3.24 Å². The summed E-state index contributed by atoms with van der Waals surface area (Å²) >= 11 is 1.86. The molecule has 0 atom stereocenters. The molecule has 0 fully saturated rings. The summed E-state index contributed by atoms with van der Waals surface area (Å²) < 4.78 is 2.65. The van der Waals surface area contributed by atoms with Gasteiger partial charge in [0.25, 0.3) is 0 Å². The standard InChI is InChI=1S/C61H41NS/c1-3-15-43(16-4-1)51-19-7-8-20-52(51)44-29-36-49(37-30-44)62(48-34-27-42(28-35-48)45-31-40-60-56(41-45)55-23-11-14-26-59(55)63-60)50-38-32-47(33-39-50)61(46-17-5-2-6-18-46)57-24-12-9-21-53(57)54-22-10-13-25-58(54)61/h1-41H. The fourth-order valence-electron chi connectivity index (χ4n) is 10.1. The number of nitrogens with zero attached hydrogens (tertiary/aromatic N) is 1. The zero-order chi connectivity index (χ0) is 41.7. The first-order valence-electron chi connectivity index (χ1n) is 21.7. The zero-order valence-corrected chi connectivity index (χ0v) is 35.3. The van der Waals surface area contributed by atoms with E-state index in [2.05, 4.69) is 254 Å². The van der Waals surface area contributed by atoms with E-state index in [0.29, 0.717) is 0 Å². The van der Waals surface area contributed by atoms with E-state index in [1.165, 1.54) is 86.9 Å². The summed E-state index contributed by atoms with van der Waals surface area (Å²) in [7, 11) is 0. The van der Waals surface area contributed by atoms with Crippen LogP contribution in [0.15, 0.2) is 249 Å². The fourth-order valence-corrected chi connectivity index (χ4v) is 11.2. The van der Waals surface area contributed by atoms with Crippen molar-refractivity contribution in [1.29, 1.82) is 0 Å². The molecule has 296 valence electrons. The van der Waals surface area contributed by atoms with Crippen LogP contribution in [0.3, 0.4) is 0 Å². The molecule has 1 aromatic heterocycles. The van der Waals surface area contributed by atoms with Crippen molar-refractivity contribution in [2.75, 3.05) is 4.90 Å². The van der Waals surface area contributed by atoms with Crippen LogP contribution in [0.2, 0.25) is 0 Å². The minimum atomic E-state index is -0.456. The Hall–Kier alpha value is -7.78. The first-order chi connectivity index (χ1) is 31.2. The van der Waals surface area contributed by atoms with Gasteiger partial charge in [-0.3, -0.25) is 0 Å². The second kappa shape index (κ2) is 15.3. The summed E-state index contributed by atoms with van der Waals surface area (Å²) in [4.78, 5) is 2.39. The van der Waals surface area contributed by atoms with E-state index >= 15 is 0 Å². The summed E-state index contributed by atoms with van der Waals surface area (Å²) in [6.07, 6.45) is 0. The van der Waals surface area contributed by atoms with Gasteiger partial charge in [-0.2, -0.15) is 0 Å². The molecule has 63 heavy (non-hydrogen) atoms. The second-order valence-electron chi connectivity index (χ2n) is 16.4. The van der Waals surface area contributed by atoms with Gasteiger partial charge in [-0.15, -0.1) is 11.3 Å². The number of benzene rings is 10. The van der Waals surface area contributed by atoms with Crippen LogP contribution in [0.5, 0.6) is 0 Å². The molecule has 1 heterocycles. The Bertz CT molecular complexity index is 3370. The maximum Gasteiger partial charge on any atom is 0.0713 e. The van der Waals surface area contributed by atoms with Crippen LogP contribution < -0.4 is 4.90 Å². The molecule has 0 spiro atoms. The fraction of sp³-hybridized carbons (Fsp3) is 0.0164. The van der Waals surface area contributed by atoms with Crippen molar-refractivity contribution in [3.8, 4) is 44.5 Å². The molecule has 1 aliphatic rings. The minimum absolute atomic E-state index is 0.456. The smallest absolute Gasteiger partial charge is 0.0713 e. The van der Waals surface area contributed by atoms with Crippen LogP contribution >= 0.6 is 11.3 Å². The Morgan fingerprint density at radius 2 is 0.714 bits per heavy atom. The van der Waals surface area contributed by atoms with Gasteiger partial charge in [-0.05, 0) is 121 Å². The molecular formula is C61H41NS. The number of anilines is 3. The number of hydrogen-bond acceptors (Lipinski definition) is 2. The van der Waals surface area contributed by atoms with Crippen LogP contribution in [-0.4, -0.2) is 0 Å². The molecule has 0 amide bonds. The second-order valence-corrected chi connectivity index (χ2v) is 17.5. The van der Waals surface area contributed by atoms with Crippen molar-refractivity contribution in [3.63, 3.8) is 0 Å². The quantitative estimate of drug-likeness (QED) is 0.148. The highest BCUT2D eigenvalue weighted by molar-refractivity contribution is 7.25. The molecule has 0 saturated carbocycles. The number of rotatable bonds is 8. The van der Waals surface area contributed by atoms with E-state index < -0.39 is 5.41 Å². The van der Waals surface area contributed by atoms with Gasteiger partial charge < -0.3 is 4.90 Å². The number of fused-ring (bicyclic) bond motifs is 6. The lowest BCUT2D eigenvalue weighted by Gasteiger charge is -2.34. The summed E-state index contributed by atoms with van der Waals surface area (Å²) in [6, 6.07) is 91.4. The summed E-state index contributed by atoms with van der Waals surface area (Å²) in [5, 5.41) is 2.63. The summed E-state index contributed by atoms with van der Waals surface area (Å²) in [5.74, 6) is 0. The lowest BCUT2D eigenvalue weighted by molar-refractivity contribution is 0.768. The van der Waals surface area contributed by atoms with Gasteiger partial charge in [0.05, 0.1) is 5.41 Å². The predicted octanol–water partition coefficient (Wildman–Crippen LogP) is 16.9. The van der Waals surface area contributed by atoms with Gasteiger partial charge in [0.2, 0.25) is 0 Å². The van der Waals surface area contributed by atoms with E-state index in [-0.39, 0.29) is 0 Å². The lowest BCUT2D eigenvalue weighted by atomic mass is 9.68. The van der Waals surface area contributed by atoms with Crippen molar-refractivity contribution < 1.29 is 0 Å². The number of hydrogen-bond donors (Lipinski definition) is 0. The third-order valence-electron chi connectivity index (χ3n) is 13.0. The lowest BCUT2D eigenvalue weighted by Crippen LogP contribution is -2.28. The summed E-state index contributed by atoms with van der Waals surface area (Å²) in [5.41, 5.74) is 17.8. The van der Waals surface area contributed by atoms with Crippen molar-refractivity contribution >= 4 is 48.6 Å². The molecule has 0 N–H and O–H groups in total. The Morgan fingerprint density at radius 1 is 0.286 bits per heavy atom. The van der Waals surface area contributed by atoms with Gasteiger partial charge in [-0.25, -0.2) is 0 Å². The predicted molar refractivity (Wildman–Crippen MR) is 268 cm³/mol. The average Bonchev–Trinajstić information content (AvgIpc) is 3.89. The maximum absolute atomic E-state index is 2.39.